The predicted octanol–water partition coefficient (Wildman–Crippen LogP) is 3.67. The van der Waals surface area contributed by atoms with Crippen molar-refractivity contribution in [3.05, 3.63) is 35.4 Å². The van der Waals surface area contributed by atoms with Crippen LogP contribution in [0.5, 0.6) is 0 Å². The molecule has 0 aliphatic heterocycles. The van der Waals surface area contributed by atoms with Gasteiger partial charge in [0, 0.05) is 16.9 Å². The molecular formula is C13H16OS. The molecule has 0 aliphatic carbocycles. The van der Waals surface area contributed by atoms with Crippen molar-refractivity contribution in [1.82, 2.24) is 0 Å². The van der Waals surface area contributed by atoms with E-state index in [4.69, 9.17) is 0 Å². The number of rotatable bonds is 3. The number of carbonyl (C=O) groups excluding carboxylic acids is 1. The van der Waals surface area contributed by atoms with Crippen LogP contribution < -0.4 is 0 Å². The highest BCUT2D eigenvalue weighted by Gasteiger charge is 2.11. The van der Waals surface area contributed by atoms with Crippen LogP contribution in [-0.2, 0) is 4.79 Å². The Hall–Kier alpha value is -1.02. The number of benzene rings is 1. The number of hydrogen-bond donors (Lipinski definition) is 1. The van der Waals surface area contributed by atoms with Gasteiger partial charge < -0.3 is 0 Å². The van der Waals surface area contributed by atoms with Crippen LogP contribution in [0.25, 0.3) is 5.57 Å². The molecule has 0 heterocycles. The molecule has 1 aromatic carbocycles. The minimum absolute atomic E-state index is 0.180. The highest BCUT2D eigenvalue weighted by molar-refractivity contribution is 7.80. The number of allylic oxidation sites excluding steroid dienone is 2. The molecular weight excluding hydrogens is 204 g/mol. The van der Waals surface area contributed by atoms with Crippen molar-refractivity contribution in [3.8, 4) is 0 Å². The van der Waals surface area contributed by atoms with Gasteiger partial charge in [-0.05, 0) is 37.1 Å². The second-order valence-electron chi connectivity index (χ2n) is 3.48. The Balaban J connectivity index is 3.24. The van der Waals surface area contributed by atoms with Gasteiger partial charge in [-0.3, -0.25) is 4.79 Å². The number of Topliss-reactive ketones (excluding diaryl/α,β-unsaturated/α-hetero) is 1. The van der Waals surface area contributed by atoms with E-state index < -0.39 is 0 Å². The molecule has 1 aromatic rings. The van der Waals surface area contributed by atoms with Crippen LogP contribution in [-0.4, -0.2) is 5.78 Å². The van der Waals surface area contributed by atoms with Crippen LogP contribution in [0, 0.1) is 6.92 Å². The van der Waals surface area contributed by atoms with Crippen LogP contribution in [0.4, 0.5) is 0 Å². The van der Waals surface area contributed by atoms with Gasteiger partial charge in [0.25, 0.3) is 0 Å². The molecule has 0 saturated heterocycles. The van der Waals surface area contributed by atoms with E-state index in [1.165, 1.54) is 0 Å². The molecule has 15 heavy (non-hydrogen) atoms. The second-order valence-corrected chi connectivity index (χ2v) is 3.99. The lowest BCUT2D eigenvalue weighted by Crippen LogP contribution is -2.01. The van der Waals surface area contributed by atoms with E-state index in [9.17, 15) is 4.79 Å². The van der Waals surface area contributed by atoms with Gasteiger partial charge in [-0.25, -0.2) is 0 Å². The molecule has 80 valence electrons. The van der Waals surface area contributed by atoms with Crippen LogP contribution in [0.15, 0.2) is 29.2 Å². The van der Waals surface area contributed by atoms with Gasteiger partial charge in [-0.1, -0.05) is 19.1 Å². The number of ketones is 1. The van der Waals surface area contributed by atoms with Crippen molar-refractivity contribution in [2.24, 2.45) is 0 Å². The zero-order valence-electron chi connectivity index (χ0n) is 9.37. The molecule has 0 aliphatic rings. The maximum absolute atomic E-state index is 11.7. The van der Waals surface area contributed by atoms with E-state index in [1.807, 2.05) is 45.0 Å². The minimum Gasteiger partial charge on any atom is -0.294 e. The molecule has 2 heteroatoms. The standard InChI is InChI=1S/C13H16OS/c1-4-11(13(14)5-2)12-8-10(15)7-6-9(12)3/h4,6-8,15H,5H2,1-3H3/b11-4+. The molecule has 1 rings (SSSR count). The van der Waals surface area contributed by atoms with Crippen LogP contribution in [0.1, 0.15) is 31.4 Å². The molecule has 0 N–H and O–H groups in total. The summed E-state index contributed by atoms with van der Waals surface area (Å²) in [6.07, 6.45) is 2.41. The van der Waals surface area contributed by atoms with Crippen LogP contribution in [0.3, 0.4) is 0 Å². The summed E-state index contributed by atoms with van der Waals surface area (Å²) in [5.74, 6) is 0.180. The number of aryl methyl sites for hydroxylation is 1. The summed E-state index contributed by atoms with van der Waals surface area (Å²) in [6, 6.07) is 5.87. The van der Waals surface area contributed by atoms with E-state index in [0.717, 1.165) is 21.6 Å². The Bertz CT molecular complexity index is 405. The van der Waals surface area contributed by atoms with Crippen LogP contribution >= 0.6 is 12.6 Å². The van der Waals surface area contributed by atoms with Gasteiger partial charge in [-0.15, -0.1) is 12.6 Å². The summed E-state index contributed by atoms with van der Waals surface area (Å²) in [6.45, 7) is 5.79. The predicted molar refractivity (Wildman–Crippen MR) is 67.4 cm³/mol. The Morgan fingerprint density at radius 3 is 2.67 bits per heavy atom. The quantitative estimate of drug-likeness (QED) is 0.607. The second kappa shape index (κ2) is 5.17. The van der Waals surface area contributed by atoms with E-state index in [2.05, 4.69) is 12.6 Å². The fourth-order valence-electron chi connectivity index (χ4n) is 1.56. The average Bonchev–Trinajstić information content (AvgIpc) is 2.23. The monoisotopic (exact) mass is 220 g/mol. The maximum Gasteiger partial charge on any atom is 0.162 e. The van der Waals surface area contributed by atoms with Gasteiger partial charge in [-0.2, -0.15) is 0 Å². The smallest absolute Gasteiger partial charge is 0.162 e. The third-order valence-corrected chi connectivity index (χ3v) is 2.70. The zero-order valence-corrected chi connectivity index (χ0v) is 10.3. The van der Waals surface area contributed by atoms with Gasteiger partial charge >= 0.3 is 0 Å². The van der Waals surface area contributed by atoms with E-state index in [-0.39, 0.29) is 5.78 Å². The number of carbonyl (C=O) groups is 1. The van der Waals surface area contributed by atoms with Crippen molar-refractivity contribution < 1.29 is 4.79 Å². The lowest BCUT2D eigenvalue weighted by atomic mass is 9.96. The summed E-state index contributed by atoms with van der Waals surface area (Å²) >= 11 is 4.29. The summed E-state index contributed by atoms with van der Waals surface area (Å²) in [7, 11) is 0. The molecule has 0 unspecified atom stereocenters. The van der Waals surface area contributed by atoms with E-state index >= 15 is 0 Å². The highest BCUT2D eigenvalue weighted by atomic mass is 32.1. The highest BCUT2D eigenvalue weighted by Crippen LogP contribution is 2.23. The third kappa shape index (κ3) is 2.72. The Morgan fingerprint density at radius 1 is 1.47 bits per heavy atom. The van der Waals surface area contributed by atoms with E-state index in [0.29, 0.717) is 6.42 Å². The Morgan fingerprint density at radius 2 is 2.13 bits per heavy atom. The molecule has 0 atom stereocenters. The van der Waals surface area contributed by atoms with Gasteiger partial charge in [0.15, 0.2) is 5.78 Å². The fraction of sp³-hybridized carbons (Fsp3) is 0.308. The van der Waals surface area contributed by atoms with Gasteiger partial charge in [0.1, 0.15) is 0 Å². The van der Waals surface area contributed by atoms with Crippen molar-refractivity contribution in [3.63, 3.8) is 0 Å². The summed E-state index contributed by atoms with van der Waals surface area (Å²) < 4.78 is 0. The van der Waals surface area contributed by atoms with Gasteiger partial charge in [0.05, 0.1) is 0 Å². The number of hydrogen-bond acceptors (Lipinski definition) is 2. The Labute approximate surface area is 96.6 Å². The molecule has 0 bridgehead atoms. The largest absolute Gasteiger partial charge is 0.294 e. The van der Waals surface area contributed by atoms with Crippen molar-refractivity contribution in [1.29, 1.82) is 0 Å². The lowest BCUT2D eigenvalue weighted by molar-refractivity contribution is -0.113. The Kier molecular flexibility index (Phi) is 4.15. The first-order chi connectivity index (χ1) is 7.10. The first-order valence-corrected chi connectivity index (χ1v) is 5.54. The molecule has 0 amide bonds. The first-order valence-electron chi connectivity index (χ1n) is 5.09. The van der Waals surface area contributed by atoms with Crippen molar-refractivity contribution >= 4 is 24.0 Å². The van der Waals surface area contributed by atoms with Crippen LogP contribution in [0.2, 0.25) is 0 Å². The minimum atomic E-state index is 0.180. The zero-order chi connectivity index (χ0) is 11.4. The van der Waals surface area contributed by atoms with Gasteiger partial charge in [0.2, 0.25) is 0 Å². The molecule has 1 nitrogen and oxygen atoms in total. The molecule has 0 radical (unpaired) electrons. The maximum atomic E-state index is 11.7. The molecule has 0 spiro atoms. The SMILES string of the molecule is C/C=C(/C(=O)CC)c1cc(S)ccc1C. The normalized spacial score (nSPS) is 11.6. The summed E-state index contributed by atoms with van der Waals surface area (Å²) in [5.41, 5.74) is 2.91. The summed E-state index contributed by atoms with van der Waals surface area (Å²) in [5, 5.41) is 0. The van der Waals surface area contributed by atoms with Crippen molar-refractivity contribution in [2.75, 3.05) is 0 Å². The average molecular weight is 220 g/mol. The topological polar surface area (TPSA) is 17.1 Å². The number of thiol groups is 1. The summed E-state index contributed by atoms with van der Waals surface area (Å²) in [4.78, 5) is 12.6. The van der Waals surface area contributed by atoms with E-state index in [1.54, 1.807) is 0 Å². The first kappa shape index (κ1) is 12.1. The molecule has 0 fully saturated rings. The lowest BCUT2D eigenvalue weighted by Gasteiger charge is -2.09. The third-order valence-electron chi connectivity index (χ3n) is 2.42. The van der Waals surface area contributed by atoms with Crippen molar-refractivity contribution in [2.45, 2.75) is 32.1 Å². The fourth-order valence-corrected chi connectivity index (χ4v) is 1.76. The molecule has 0 saturated carbocycles. The molecule has 0 aromatic heterocycles.